The lowest BCUT2D eigenvalue weighted by Crippen LogP contribution is -2.21. The Hall–Kier alpha value is -2.16. The summed E-state index contributed by atoms with van der Waals surface area (Å²) in [5.74, 6) is 0.920. The Morgan fingerprint density at radius 1 is 0.950 bits per heavy atom. The highest BCUT2D eigenvalue weighted by Crippen LogP contribution is 2.29. The Bertz CT molecular complexity index is 540. The average Bonchev–Trinajstić information content (AvgIpc) is 2.90. The molecule has 3 nitrogen and oxygen atoms in total. The molecule has 2 aromatic rings. The molecule has 2 aromatic carbocycles. The van der Waals surface area contributed by atoms with Crippen LogP contribution in [-0.4, -0.2) is 13.3 Å². The summed E-state index contributed by atoms with van der Waals surface area (Å²) in [6, 6.07) is 16.7. The summed E-state index contributed by atoms with van der Waals surface area (Å²) in [6.45, 7) is 0. The zero-order valence-electron chi connectivity index (χ0n) is 11.7. The van der Waals surface area contributed by atoms with Gasteiger partial charge >= 0.3 is 0 Å². The number of ether oxygens (including phenoxy) is 1. The molecule has 1 aliphatic rings. The average molecular weight is 268 g/mol. The van der Waals surface area contributed by atoms with Crippen LogP contribution in [0.15, 0.2) is 48.5 Å². The molecule has 3 rings (SSSR count). The van der Waals surface area contributed by atoms with E-state index in [1.807, 2.05) is 12.1 Å². The van der Waals surface area contributed by atoms with E-state index in [1.54, 1.807) is 7.11 Å². The molecular formula is C17H20N2O. The van der Waals surface area contributed by atoms with E-state index < -0.39 is 0 Å². The lowest BCUT2D eigenvalue weighted by molar-refractivity contribution is 0.414. The molecule has 0 fully saturated rings. The van der Waals surface area contributed by atoms with Gasteiger partial charge in [-0.3, -0.25) is 0 Å². The Morgan fingerprint density at radius 2 is 1.60 bits per heavy atom. The van der Waals surface area contributed by atoms with Gasteiger partial charge in [0.1, 0.15) is 5.75 Å². The minimum atomic E-state index is 0.352. The van der Waals surface area contributed by atoms with Crippen LogP contribution >= 0.6 is 0 Å². The van der Waals surface area contributed by atoms with E-state index in [4.69, 9.17) is 4.74 Å². The van der Waals surface area contributed by atoms with E-state index in [0.717, 1.165) is 25.0 Å². The molecule has 3 heteroatoms. The fraction of sp³-hybridized carbons (Fsp3) is 0.294. The van der Waals surface area contributed by atoms with Crippen LogP contribution in [0.25, 0.3) is 0 Å². The highest BCUT2D eigenvalue weighted by molar-refractivity contribution is 5.74. The third-order valence-electron chi connectivity index (χ3n) is 3.70. The zero-order chi connectivity index (χ0) is 13.8. The summed E-state index contributed by atoms with van der Waals surface area (Å²) in [6.07, 6.45) is 3.72. The third-order valence-corrected chi connectivity index (χ3v) is 3.70. The first-order chi connectivity index (χ1) is 9.85. The van der Waals surface area contributed by atoms with Gasteiger partial charge < -0.3 is 15.4 Å². The molecule has 1 heterocycles. The van der Waals surface area contributed by atoms with Crippen LogP contribution < -0.4 is 15.4 Å². The van der Waals surface area contributed by atoms with Crippen LogP contribution in [0.5, 0.6) is 5.75 Å². The predicted octanol–water partition coefficient (Wildman–Crippen LogP) is 3.88. The number of anilines is 2. The number of para-hydroxylation sites is 2. The summed E-state index contributed by atoms with van der Waals surface area (Å²) < 4.78 is 5.17. The van der Waals surface area contributed by atoms with Gasteiger partial charge in [0, 0.05) is 0 Å². The van der Waals surface area contributed by atoms with Crippen molar-refractivity contribution < 1.29 is 4.74 Å². The summed E-state index contributed by atoms with van der Waals surface area (Å²) in [4.78, 5) is 0. The van der Waals surface area contributed by atoms with Gasteiger partial charge in [0.05, 0.1) is 24.7 Å². The van der Waals surface area contributed by atoms with Gasteiger partial charge in [-0.05, 0) is 49.1 Å². The Balaban J connectivity index is 1.47. The highest BCUT2D eigenvalue weighted by Gasteiger charge is 2.17. The molecule has 0 spiro atoms. The highest BCUT2D eigenvalue weighted by atomic mass is 16.5. The van der Waals surface area contributed by atoms with Crippen molar-refractivity contribution in [2.75, 3.05) is 17.7 Å². The van der Waals surface area contributed by atoms with Gasteiger partial charge in [0.25, 0.3) is 0 Å². The monoisotopic (exact) mass is 268 g/mol. The second-order valence-electron chi connectivity index (χ2n) is 5.13. The summed E-state index contributed by atoms with van der Waals surface area (Å²) in [7, 11) is 1.70. The van der Waals surface area contributed by atoms with Crippen molar-refractivity contribution in [1.29, 1.82) is 0 Å². The molecule has 0 unspecified atom stereocenters. The predicted molar refractivity (Wildman–Crippen MR) is 83.4 cm³/mol. The van der Waals surface area contributed by atoms with Gasteiger partial charge in [0.2, 0.25) is 0 Å². The van der Waals surface area contributed by atoms with E-state index in [0.29, 0.717) is 6.17 Å². The van der Waals surface area contributed by atoms with E-state index in [-0.39, 0.29) is 0 Å². The number of methoxy groups -OCH3 is 1. The lowest BCUT2D eigenvalue weighted by atomic mass is 10.1. The summed E-state index contributed by atoms with van der Waals surface area (Å²) in [5, 5.41) is 7.02. The number of nitrogens with one attached hydrogen (secondary N) is 2. The van der Waals surface area contributed by atoms with Gasteiger partial charge in [-0.2, -0.15) is 0 Å². The van der Waals surface area contributed by atoms with Crippen molar-refractivity contribution >= 4 is 11.4 Å². The molecule has 0 atom stereocenters. The van der Waals surface area contributed by atoms with Crippen LogP contribution in [0.1, 0.15) is 18.4 Å². The minimum absolute atomic E-state index is 0.352. The largest absolute Gasteiger partial charge is 0.497 e. The van der Waals surface area contributed by atoms with E-state index in [9.17, 15) is 0 Å². The normalized spacial score (nSPS) is 13.4. The fourth-order valence-corrected chi connectivity index (χ4v) is 2.59. The summed E-state index contributed by atoms with van der Waals surface area (Å²) in [5.41, 5.74) is 3.78. The molecule has 0 amide bonds. The maximum atomic E-state index is 5.17. The standard InChI is InChI=1S/C17H20N2O/c1-20-14-11-9-13(10-12-14)5-4-8-17-18-15-6-2-3-7-16(15)19-17/h2-3,6-7,9-12,17-19H,4-5,8H2,1H3. The molecule has 2 N–H and O–H groups in total. The maximum absolute atomic E-state index is 5.17. The van der Waals surface area contributed by atoms with Gasteiger partial charge in [-0.1, -0.05) is 24.3 Å². The number of hydrogen-bond donors (Lipinski definition) is 2. The minimum Gasteiger partial charge on any atom is -0.497 e. The van der Waals surface area contributed by atoms with E-state index in [2.05, 4.69) is 47.0 Å². The summed E-state index contributed by atoms with van der Waals surface area (Å²) >= 11 is 0. The molecule has 1 aliphatic heterocycles. The quantitative estimate of drug-likeness (QED) is 0.863. The Morgan fingerprint density at radius 3 is 2.20 bits per heavy atom. The van der Waals surface area contributed by atoms with Gasteiger partial charge in [0.15, 0.2) is 0 Å². The maximum Gasteiger partial charge on any atom is 0.118 e. The molecule has 0 radical (unpaired) electrons. The van der Waals surface area contributed by atoms with Gasteiger partial charge in [-0.25, -0.2) is 0 Å². The molecule has 0 saturated heterocycles. The van der Waals surface area contributed by atoms with Crippen molar-refractivity contribution in [3.05, 3.63) is 54.1 Å². The van der Waals surface area contributed by atoms with E-state index in [1.165, 1.54) is 16.9 Å². The molecule has 0 aliphatic carbocycles. The molecule has 104 valence electrons. The van der Waals surface area contributed by atoms with Crippen LogP contribution in [0, 0.1) is 0 Å². The number of benzene rings is 2. The van der Waals surface area contributed by atoms with Crippen molar-refractivity contribution in [1.82, 2.24) is 0 Å². The second-order valence-corrected chi connectivity index (χ2v) is 5.13. The van der Waals surface area contributed by atoms with Crippen molar-refractivity contribution in [2.45, 2.75) is 25.4 Å². The Labute approximate surface area is 120 Å². The number of fused-ring (bicyclic) bond motifs is 1. The first-order valence-corrected chi connectivity index (χ1v) is 7.10. The van der Waals surface area contributed by atoms with Crippen LogP contribution in [0.3, 0.4) is 0 Å². The van der Waals surface area contributed by atoms with Crippen molar-refractivity contribution in [3.63, 3.8) is 0 Å². The molecule has 0 saturated carbocycles. The fourth-order valence-electron chi connectivity index (χ4n) is 2.59. The SMILES string of the molecule is COc1ccc(CCCC2Nc3ccccc3N2)cc1. The second kappa shape index (κ2) is 5.87. The molecule has 0 bridgehead atoms. The van der Waals surface area contributed by atoms with E-state index >= 15 is 0 Å². The number of hydrogen-bond acceptors (Lipinski definition) is 3. The van der Waals surface area contributed by atoms with Crippen molar-refractivity contribution in [3.8, 4) is 5.75 Å². The molecular weight excluding hydrogens is 248 g/mol. The van der Waals surface area contributed by atoms with Crippen molar-refractivity contribution in [2.24, 2.45) is 0 Å². The topological polar surface area (TPSA) is 33.3 Å². The lowest BCUT2D eigenvalue weighted by Gasteiger charge is -2.12. The van der Waals surface area contributed by atoms with Crippen LogP contribution in [0.4, 0.5) is 11.4 Å². The number of aryl methyl sites for hydroxylation is 1. The third kappa shape index (κ3) is 2.87. The van der Waals surface area contributed by atoms with Gasteiger partial charge in [-0.15, -0.1) is 0 Å². The first kappa shape index (κ1) is 12.9. The Kier molecular flexibility index (Phi) is 3.77. The smallest absolute Gasteiger partial charge is 0.118 e. The van der Waals surface area contributed by atoms with Crippen LogP contribution in [-0.2, 0) is 6.42 Å². The zero-order valence-corrected chi connectivity index (χ0v) is 11.7. The number of rotatable bonds is 5. The first-order valence-electron chi connectivity index (χ1n) is 7.10. The van der Waals surface area contributed by atoms with Crippen LogP contribution in [0.2, 0.25) is 0 Å². The molecule has 0 aromatic heterocycles. The molecule has 20 heavy (non-hydrogen) atoms.